The number of rotatable bonds is 2. The highest BCUT2D eigenvalue weighted by Gasteiger charge is 2.41. The van der Waals surface area contributed by atoms with E-state index in [1.54, 1.807) is 0 Å². The number of aliphatic hydroxyl groups is 1. The van der Waals surface area contributed by atoms with E-state index in [9.17, 15) is 9.90 Å². The van der Waals surface area contributed by atoms with Crippen LogP contribution in [0.5, 0.6) is 0 Å². The van der Waals surface area contributed by atoms with E-state index >= 15 is 0 Å². The lowest BCUT2D eigenvalue weighted by molar-refractivity contribution is 0.0724. The van der Waals surface area contributed by atoms with Crippen molar-refractivity contribution in [2.24, 2.45) is 0 Å². The molecule has 2 aromatic rings. The number of para-hydroxylation sites is 1. The molecule has 0 radical (unpaired) electrons. The van der Waals surface area contributed by atoms with Gasteiger partial charge >= 0.3 is 0 Å². The average Bonchev–Trinajstić information content (AvgIpc) is 2.74. The van der Waals surface area contributed by atoms with Crippen molar-refractivity contribution in [3.8, 4) is 0 Å². The maximum atomic E-state index is 12.6. The molecule has 0 unspecified atom stereocenters. The third kappa shape index (κ3) is 2.49. The first-order chi connectivity index (χ1) is 11.2. The third-order valence-corrected chi connectivity index (χ3v) is 4.92. The largest absolute Gasteiger partial charge is 0.391 e. The summed E-state index contributed by atoms with van der Waals surface area (Å²) in [4.78, 5) is 14.5. The molecule has 0 bridgehead atoms. The van der Waals surface area contributed by atoms with E-state index in [2.05, 4.69) is 5.32 Å². The highest BCUT2D eigenvalue weighted by molar-refractivity contribution is 5.99. The molecule has 0 spiro atoms. The lowest BCUT2D eigenvalue weighted by Gasteiger charge is -2.26. The lowest BCUT2D eigenvalue weighted by atomic mass is 9.96. The van der Waals surface area contributed by atoms with Crippen LogP contribution in [0.3, 0.4) is 0 Å². The molecule has 0 aromatic heterocycles. The van der Waals surface area contributed by atoms with Gasteiger partial charge in [0.25, 0.3) is 5.91 Å². The van der Waals surface area contributed by atoms with Gasteiger partial charge in [0.2, 0.25) is 0 Å². The summed E-state index contributed by atoms with van der Waals surface area (Å²) in [7, 11) is 0. The van der Waals surface area contributed by atoms with Crippen molar-refractivity contribution < 1.29 is 9.90 Å². The van der Waals surface area contributed by atoms with Crippen LogP contribution in [0.15, 0.2) is 54.6 Å². The Kier molecular flexibility index (Phi) is 3.54. The van der Waals surface area contributed by atoms with E-state index in [1.807, 2.05) is 59.5 Å². The number of anilines is 1. The minimum absolute atomic E-state index is 0.0528. The zero-order valence-electron chi connectivity index (χ0n) is 12.9. The standard InChI is InChI=1S/C19H20N2O2/c22-18-10-11-21-17(14-8-4-5-9-15(14)19(21)23)12-16(18)20-13-6-2-1-3-7-13/h1-9,16-18,20,22H,10-12H2/t16-,17-,18-/m0/s1. The number of nitrogens with one attached hydrogen (secondary N) is 1. The zero-order valence-corrected chi connectivity index (χ0v) is 12.9. The van der Waals surface area contributed by atoms with Crippen LogP contribution < -0.4 is 5.32 Å². The predicted octanol–water partition coefficient (Wildman–Crippen LogP) is 2.82. The Morgan fingerprint density at radius 2 is 1.78 bits per heavy atom. The Hall–Kier alpha value is -2.33. The summed E-state index contributed by atoms with van der Waals surface area (Å²) in [5.41, 5.74) is 2.90. The minimum atomic E-state index is -0.458. The van der Waals surface area contributed by atoms with Gasteiger partial charge in [-0.3, -0.25) is 4.79 Å². The van der Waals surface area contributed by atoms with Crippen LogP contribution in [0.25, 0.3) is 0 Å². The van der Waals surface area contributed by atoms with Crippen molar-refractivity contribution >= 4 is 11.6 Å². The normalized spacial score (nSPS) is 26.4. The average molecular weight is 308 g/mol. The number of carbonyl (C=O) groups excluding carboxylic acids is 1. The highest BCUT2D eigenvalue weighted by atomic mass is 16.3. The number of benzene rings is 2. The molecule has 2 aliphatic rings. The number of fused-ring (bicyclic) bond motifs is 3. The maximum absolute atomic E-state index is 12.6. The van der Waals surface area contributed by atoms with Crippen LogP contribution in [0, 0.1) is 0 Å². The second-order valence-corrected chi connectivity index (χ2v) is 6.31. The molecule has 2 N–H and O–H groups in total. The molecule has 23 heavy (non-hydrogen) atoms. The van der Waals surface area contributed by atoms with E-state index in [0.717, 1.165) is 23.2 Å². The summed E-state index contributed by atoms with van der Waals surface area (Å²) < 4.78 is 0. The minimum Gasteiger partial charge on any atom is -0.391 e. The summed E-state index contributed by atoms with van der Waals surface area (Å²) in [6, 6.07) is 17.8. The molecule has 0 aliphatic carbocycles. The van der Waals surface area contributed by atoms with Gasteiger partial charge in [-0.25, -0.2) is 0 Å². The third-order valence-electron chi connectivity index (χ3n) is 4.92. The van der Waals surface area contributed by atoms with Crippen molar-refractivity contribution in [1.82, 2.24) is 4.90 Å². The molecule has 118 valence electrons. The molecule has 3 atom stereocenters. The number of nitrogens with zero attached hydrogens (tertiary/aromatic N) is 1. The van der Waals surface area contributed by atoms with Crippen molar-refractivity contribution in [2.75, 3.05) is 11.9 Å². The molecular weight excluding hydrogens is 288 g/mol. The quantitative estimate of drug-likeness (QED) is 0.897. The van der Waals surface area contributed by atoms with Crippen LogP contribution in [0.1, 0.15) is 34.8 Å². The Balaban J connectivity index is 1.63. The monoisotopic (exact) mass is 308 g/mol. The molecule has 1 amide bonds. The van der Waals surface area contributed by atoms with Crippen molar-refractivity contribution in [3.05, 3.63) is 65.7 Å². The predicted molar refractivity (Wildman–Crippen MR) is 89.3 cm³/mol. The van der Waals surface area contributed by atoms with Gasteiger partial charge in [0, 0.05) is 17.8 Å². The van der Waals surface area contributed by atoms with E-state index in [-0.39, 0.29) is 18.0 Å². The summed E-state index contributed by atoms with van der Waals surface area (Å²) in [6.07, 6.45) is 0.861. The van der Waals surface area contributed by atoms with E-state index < -0.39 is 6.10 Å². The summed E-state index contributed by atoms with van der Waals surface area (Å²) in [5.74, 6) is 0.0955. The number of aliphatic hydroxyl groups excluding tert-OH is 1. The number of hydrogen-bond donors (Lipinski definition) is 2. The van der Waals surface area contributed by atoms with Crippen LogP contribution in [0.2, 0.25) is 0 Å². The van der Waals surface area contributed by atoms with Crippen LogP contribution >= 0.6 is 0 Å². The fourth-order valence-electron chi connectivity index (χ4n) is 3.73. The van der Waals surface area contributed by atoms with Gasteiger partial charge in [-0.1, -0.05) is 36.4 Å². The van der Waals surface area contributed by atoms with Crippen molar-refractivity contribution in [1.29, 1.82) is 0 Å². The Labute approximate surface area is 135 Å². The van der Waals surface area contributed by atoms with Crippen LogP contribution in [-0.4, -0.2) is 34.6 Å². The first kappa shape index (κ1) is 14.3. The molecule has 2 aliphatic heterocycles. The molecule has 4 nitrogen and oxygen atoms in total. The number of amides is 1. The number of hydrogen-bond acceptors (Lipinski definition) is 3. The molecule has 2 aromatic carbocycles. The molecule has 0 saturated carbocycles. The fourth-order valence-corrected chi connectivity index (χ4v) is 3.73. The van der Waals surface area contributed by atoms with Gasteiger partial charge in [-0.15, -0.1) is 0 Å². The topological polar surface area (TPSA) is 52.6 Å². The van der Waals surface area contributed by atoms with Gasteiger partial charge in [0.15, 0.2) is 0 Å². The van der Waals surface area contributed by atoms with Gasteiger partial charge in [-0.05, 0) is 36.6 Å². The molecule has 1 fully saturated rings. The summed E-state index contributed by atoms with van der Waals surface area (Å²) in [5, 5.41) is 13.9. The maximum Gasteiger partial charge on any atom is 0.254 e. The zero-order chi connectivity index (χ0) is 15.8. The second-order valence-electron chi connectivity index (χ2n) is 6.31. The Morgan fingerprint density at radius 3 is 2.61 bits per heavy atom. The van der Waals surface area contributed by atoms with Crippen molar-refractivity contribution in [3.63, 3.8) is 0 Å². The molecule has 1 saturated heterocycles. The molecule has 2 heterocycles. The Bertz CT molecular complexity index is 716. The first-order valence-electron chi connectivity index (χ1n) is 8.13. The highest BCUT2D eigenvalue weighted by Crippen LogP contribution is 2.39. The van der Waals surface area contributed by atoms with Crippen molar-refractivity contribution in [2.45, 2.75) is 31.0 Å². The fraction of sp³-hybridized carbons (Fsp3) is 0.316. The molecule has 4 heteroatoms. The smallest absolute Gasteiger partial charge is 0.254 e. The lowest BCUT2D eigenvalue weighted by Crippen LogP contribution is -2.33. The summed E-state index contributed by atoms with van der Waals surface area (Å²) >= 11 is 0. The van der Waals surface area contributed by atoms with Gasteiger partial charge in [0.05, 0.1) is 18.2 Å². The SMILES string of the molecule is O=C1c2ccccc2[C@@H]2C[C@H](Nc3ccccc3)[C@@H](O)CCN12. The van der Waals surface area contributed by atoms with Gasteiger partial charge in [-0.2, -0.15) is 0 Å². The van der Waals surface area contributed by atoms with E-state index in [4.69, 9.17) is 0 Å². The molecule has 4 rings (SSSR count). The Morgan fingerprint density at radius 1 is 1.04 bits per heavy atom. The van der Waals surface area contributed by atoms with Crippen LogP contribution in [0.4, 0.5) is 5.69 Å². The first-order valence-corrected chi connectivity index (χ1v) is 8.13. The van der Waals surface area contributed by atoms with Gasteiger partial charge < -0.3 is 15.3 Å². The molecular formula is C19H20N2O2. The number of carbonyl (C=O) groups is 1. The van der Waals surface area contributed by atoms with Crippen LogP contribution in [-0.2, 0) is 0 Å². The summed E-state index contributed by atoms with van der Waals surface area (Å²) in [6.45, 7) is 0.603. The second kappa shape index (κ2) is 5.70. The van der Waals surface area contributed by atoms with Gasteiger partial charge in [0.1, 0.15) is 0 Å². The van der Waals surface area contributed by atoms with E-state index in [1.165, 1.54) is 0 Å². The van der Waals surface area contributed by atoms with E-state index in [0.29, 0.717) is 13.0 Å².